The molecule has 0 spiro atoms. The Labute approximate surface area is 133 Å². The maximum Gasteiger partial charge on any atom is 0.0827 e. The zero-order valence-electron chi connectivity index (χ0n) is 13.5. The monoisotopic (exact) mass is 295 g/mol. The molecule has 1 aliphatic rings. The van der Waals surface area contributed by atoms with Crippen molar-refractivity contribution in [2.75, 3.05) is 18.0 Å². The van der Waals surface area contributed by atoms with Gasteiger partial charge in [0.2, 0.25) is 0 Å². The Morgan fingerprint density at radius 1 is 1.00 bits per heavy atom. The average molecular weight is 295 g/mol. The van der Waals surface area contributed by atoms with Crippen LogP contribution in [0.5, 0.6) is 0 Å². The van der Waals surface area contributed by atoms with Crippen LogP contribution in [0.25, 0.3) is 0 Å². The van der Waals surface area contributed by atoms with E-state index < -0.39 is 0 Å². The van der Waals surface area contributed by atoms with Crippen molar-refractivity contribution >= 4 is 5.69 Å². The van der Waals surface area contributed by atoms with Gasteiger partial charge in [0.15, 0.2) is 0 Å². The van der Waals surface area contributed by atoms with Gasteiger partial charge in [0.1, 0.15) is 0 Å². The lowest BCUT2D eigenvalue weighted by Crippen LogP contribution is -2.21. The van der Waals surface area contributed by atoms with E-state index >= 15 is 0 Å². The number of anilines is 1. The first-order chi connectivity index (χ1) is 10.7. The van der Waals surface area contributed by atoms with Crippen molar-refractivity contribution in [3.8, 4) is 0 Å². The summed E-state index contributed by atoms with van der Waals surface area (Å²) in [6.45, 7) is 6.44. The third-order valence-electron chi connectivity index (χ3n) is 4.87. The van der Waals surface area contributed by atoms with E-state index in [1.807, 2.05) is 6.07 Å². The Morgan fingerprint density at radius 2 is 1.68 bits per heavy atom. The zero-order chi connectivity index (χ0) is 15.5. The number of hydrogen-bond donors (Lipinski definition) is 1. The fourth-order valence-corrected chi connectivity index (χ4v) is 3.57. The first-order valence-electron chi connectivity index (χ1n) is 8.32. The van der Waals surface area contributed by atoms with Crippen LogP contribution in [0.3, 0.4) is 0 Å². The Bertz CT molecular complexity index is 616. The summed E-state index contributed by atoms with van der Waals surface area (Å²) < 4.78 is 0. The minimum absolute atomic E-state index is 0.303. The van der Waals surface area contributed by atoms with E-state index in [-0.39, 0.29) is 6.10 Å². The first kappa shape index (κ1) is 15.1. The van der Waals surface area contributed by atoms with Crippen LogP contribution in [-0.2, 0) is 12.8 Å². The second-order valence-electron chi connectivity index (χ2n) is 6.15. The minimum atomic E-state index is -0.321. The van der Waals surface area contributed by atoms with Gasteiger partial charge >= 0.3 is 0 Å². The minimum Gasteiger partial charge on any atom is -0.388 e. The highest BCUT2D eigenvalue weighted by atomic mass is 16.3. The Morgan fingerprint density at radius 3 is 2.32 bits per heavy atom. The summed E-state index contributed by atoms with van der Waals surface area (Å²) in [5.74, 6) is 0.303. The summed E-state index contributed by atoms with van der Waals surface area (Å²) in [5.41, 5.74) is 5.02. The predicted octanol–water partition coefficient (Wildman–Crippen LogP) is 3.98. The molecular weight excluding hydrogens is 270 g/mol. The summed E-state index contributed by atoms with van der Waals surface area (Å²) >= 11 is 0. The number of rotatable bonds is 5. The highest BCUT2D eigenvalue weighted by Crippen LogP contribution is 2.37. The van der Waals surface area contributed by atoms with Crippen LogP contribution in [0.4, 0.5) is 5.69 Å². The number of hydrogen-bond acceptors (Lipinski definition) is 2. The van der Waals surface area contributed by atoms with Crippen molar-refractivity contribution < 1.29 is 5.11 Å². The Hall–Kier alpha value is -1.80. The topological polar surface area (TPSA) is 23.5 Å². The van der Waals surface area contributed by atoms with E-state index in [9.17, 15) is 5.11 Å². The Balaban J connectivity index is 1.70. The average Bonchev–Trinajstić information content (AvgIpc) is 2.87. The standard InChI is InChI=1S/C20H25NO/c1-3-21(4-2)18-11-9-15(10-12-18)13-17-14-16-7-5-6-8-19(16)20(17)22/h5-12,17,20,22H,3-4,13-14H2,1-2H3/t17-,20-/m1/s1. The lowest BCUT2D eigenvalue weighted by Gasteiger charge is -2.21. The Kier molecular flexibility index (Phi) is 4.49. The molecule has 0 saturated carbocycles. The van der Waals surface area contributed by atoms with Crippen molar-refractivity contribution in [2.45, 2.75) is 32.8 Å². The van der Waals surface area contributed by atoms with Gasteiger partial charge in [-0.1, -0.05) is 36.4 Å². The maximum atomic E-state index is 10.5. The van der Waals surface area contributed by atoms with Crippen LogP contribution in [0.1, 0.15) is 36.6 Å². The molecule has 0 aliphatic heterocycles. The molecule has 0 unspecified atom stereocenters. The lowest BCUT2D eigenvalue weighted by atomic mass is 9.94. The van der Waals surface area contributed by atoms with Crippen LogP contribution in [0.15, 0.2) is 48.5 Å². The second-order valence-corrected chi connectivity index (χ2v) is 6.15. The number of fused-ring (bicyclic) bond motifs is 1. The molecule has 0 bridgehead atoms. The molecule has 2 heteroatoms. The quantitative estimate of drug-likeness (QED) is 0.902. The number of benzene rings is 2. The van der Waals surface area contributed by atoms with Crippen LogP contribution in [0, 0.1) is 5.92 Å². The summed E-state index contributed by atoms with van der Waals surface area (Å²) in [6, 6.07) is 17.1. The zero-order valence-corrected chi connectivity index (χ0v) is 13.5. The van der Waals surface area contributed by atoms with E-state index in [1.54, 1.807) is 0 Å². The summed E-state index contributed by atoms with van der Waals surface area (Å²) in [4.78, 5) is 2.35. The van der Waals surface area contributed by atoms with Crippen molar-refractivity contribution in [1.29, 1.82) is 0 Å². The van der Waals surface area contributed by atoms with E-state index in [0.29, 0.717) is 5.92 Å². The number of aliphatic hydroxyl groups excluding tert-OH is 1. The smallest absolute Gasteiger partial charge is 0.0827 e. The highest BCUT2D eigenvalue weighted by Gasteiger charge is 2.30. The molecule has 2 aromatic rings. The number of aliphatic hydroxyl groups is 1. The maximum absolute atomic E-state index is 10.5. The van der Waals surface area contributed by atoms with Crippen LogP contribution in [0.2, 0.25) is 0 Å². The SMILES string of the molecule is CCN(CC)c1ccc(C[C@@H]2Cc3ccccc3[C@@H]2O)cc1. The lowest BCUT2D eigenvalue weighted by molar-refractivity contribution is 0.123. The third kappa shape index (κ3) is 2.89. The van der Waals surface area contributed by atoms with Gasteiger partial charge in [0.05, 0.1) is 6.10 Å². The molecule has 0 aromatic heterocycles. The molecular formula is C20H25NO. The van der Waals surface area contributed by atoms with Crippen molar-refractivity contribution in [3.63, 3.8) is 0 Å². The van der Waals surface area contributed by atoms with Gasteiger partial charge in [-0.15, -0.1) is 0 Å². The number of nitrogens with zero attached hydrogens (tertiary/aromatic N) is 1. The molecule has 3 rings (SSSR count). The fraction of sp³-hybridized carbons (Fsp3) is 0.400. The van der Waals surface area contributed by atoms with Gasteiger partial charge in [0, 0.05) is 18.8 Å². The third-order valence-corrected chi connectivity index (χ3v) is 4.87. The fourth-order valence-electron chi connectivity index (χ4n) is 3.57. The summed E-state index contributed by atoms with van der Waals surface area (Å²) in [7, 11) is 0. The molecule has 0 amide bonds. The van der Waals surface area contributed by atoms with Crippen LogP contribution in [-0.4, -0.2) is 18.2 Å². The normalized spacial score (nSPS) is 20.0. The molecule has 22 heavy (non-hydrogen) atoms. The molecule has 1 N–H and O–H groups in total. The molecule has 2 aromatic carbocycles. The van der Waals surface area contributed by atoms with Gasteiger partial charge in [-0.25, -0.2) is 0 Å². The van der Waals surface area contributed by atoms with Gasteiger partial charge in [-0.3, -0.25) is 0 Å². The molecule has 0 radical (unpaired) electrons. The van der Waals surface area contributed by atoms with E-state index in [1.165, 1.54) is 16.8 Å². The summed E-state index contributed by atoms with van der Waals surface area (Å²) in [6.07, 6.45) is 1.60. The molecule has 2 atom stereocenters. The molecule has 0 saturated heterocycles. The van der Waals surface area contributed by atoms with E-state index in [2.05, 4.69) is 61.2 Å². The molecule has 0 heterocycles. The van der Waals surface area contributed by atoms with E-state index in [4.69, 9.17) is 0 Å². The second kappa shape index (κ2) is 6.53. The van der Waals surface area contributed by atoms with Crippen LogP contribution >= 0.6 is 0 Å². The van der Waals surface area contributed by atoms with Gasteiger partial charge < -0.3 is 10.0 Å². The van der Waals surface area contributed by atoms with Gasteiger partial charge in [0.25, 0.3) is 0 Å². The molecule has 116 valence electrons. The molecule has 1 aliphatic carbocycles. The highest BCUT2D eigenvalue weighted by molar-refractivity contribution is 5.47. The van der Waals surface area contributed by atoms with Crippen molar-refractivity contribution in [2.24, 2.45) is 5.92 Å². The van der Waals surface area contributed by atoms with Crippen molar-refractivity contribution in [1.82, 2.24) is 0 Å². The van der Waals surface area contributed by atoms with E-state index in [0.717, 1.165) is 31.5 Å². The molecule has 0 fully saturated rings. The van der Waals surface area contributed by atoms with Crippen LogP contribution < -0.4 is 4.90 Å². The first-order valence-corrected chi connectivity index (χ1v) is 8.32. The predicted molar refractivity (Wildman–Crippen MR) is 92.3 cm³/mol. The van der Waals surface area contributed by atoms with Crippen molar-refractivity contribution in [3.05, 3.63) is 65.2 Å². The largest absolute Gasteiger partial charge is 0.388 e. The summed E-state index contributed by atoms with van der Waals surface area (Å²) in [5, 5.41) is 10.5. The molecule has 2 nitrogen and oxygen atoms in total. The van der Waals surface area contributed by atoms with Gasteiger partial charge in [-0.2, -0.15) is 0 Å². The van der Waals surface area contributed by atoms with Gasteiger partial charge in [-0.05, 0) is 61.4 Å².